The Kier molecular flexibility index (Phi) is 6.14. The third kappa shape index (κ3) is 4.25. The number of hydrogen-bond donors (Lipinski definition) is 1. The molecule has 6 heteroatoms. The highest BCUT2D eigenvalue weighted by Gasteiger charge is 2.27. The van der Waals surface area contributed by atoms with Crippen molar-refractivity contribution >= 4 is 21.6 Å². The minimum atomic E-state index is -0.349. The normalized spacial score (nSPS) is 22.2. The molecule has 1 saturated heterocycles. The third-order valence-electron chi connectivity index (χ3n) is 3.87. The van der Waals surface area contributed by atoms with Gasteiger partial charge in [-0.3, -0.25) is 10.1 Å². The molecule has 2 unspecified atom stereocenters. The molecular weight excluding hydrogens is 336 g/mol. The number of nitro groups is 1. The molecule has 0 spiro atoms. The number of hydrogen-bond acceptors (Lipinski definition) is 4. The van der Waals surface area contributed by atoms with Crippen molar-refractivity contribution in [2.45, 2.75) is 32.2 Å². The van der Waals surface area contributed by atoms with Gasteiger partial charge < -0.3 is 10.1 Å². The molecule has 116 valence electrons. The topological polar surface area (TPSA) is 64.4 Å². The van der Waals surface area contributed by atoms with Crippen molar-refractivity contribution in [3.05, 3.63) is 38.3 Å². The van der Waals surface area contributed by atoms with E-state index in [4.69, 9.17) is 4.74 Å². The zero-order chi connectivity index (χ0) is 15.2. The number of rotatable bonds is 6. The van der Waals surface area contributed by atoms with E-state index in [1.54, 1.807) is 6.07 Å². The molecule has 0 aliphatic carbocycles. The zero-order valence-electron chi connectivity index (χ0n) is 12.2. The van der Waals surface area contributed by atoms with Crippen LogP contribution in [0.5, 0.6) is 0 Å². The summed E-state index contributed by atoms with van der Waals surface area (Å²) in [7, 11) is 0. The average Bonchev–Trinajstić information content (AvgIpc) is 2.48. The van der Waals surface area contributed by atoms with Gasteiger partial charge in [0.25, 0.3) is 5.69 Å². The van der Waals surface area contributed by atoms with Crippen molar-refractivity contribution in [2.24, 2.45) is 5.92 Å². The van der Waals surface area contributed by atoms with E-state index in [1.165, 1.54) is 6.07 Å². The van der Waals surface area contributed by atoms with Crippen LogP contribution >= 0.6 is 15.9 Å². The Morgan fingerprint density at radius 1 is 1.52 bits per heavy atom. The Hall–Kier alpha value is -0.980. The lowest BCUT2D eigenvalue weighted by molar-refractivity contribution is -0.385. The van der Waals surface area contributed by atoms with Gasteiger partial charge in [-0.15, -0.1) is 0 Å². The van der Waals surface area contributed by atoms with Crippen LogP contribution in [-0.4, -0.2) is 30.7 Å². The van der Waals surface area contributed by atoms with Gasteiger partial charge in [0.05, 0.1) is 16.0 Å². The van der Waals surface area contributed by atoms with E-state index in [0.717, 1.165) is 38.0 Å². The van der Waals surface area contributed by atoms with Crippen LogP contribution in [0.2, 0.25) is 0 Å². The molecule has 5 nitrogen and oxygen atoms in total. The smallest absolute Gasteiger partial charge is 0.283 e. The van der Waals surface area contributed by atoms with Gasteiger partial charge in [-0.2, -0.15) is 0 Å². The van der Waals surface area contributed by atoms with Crippen LogP contribution in [0.25, 0.3) is 0 Å². The molecule has 1 fully saturated rings. The number of benzene rings is 1. The quantitative estimate of drug-likeness (QED) is 0.627. The SMILES string of the molecule is CCCNC1CCOCC1Cc1cccc([N+](=O)[O-])c1Br. The molecule has 21 heavy (non-hydrogen) atoms. The van der Waals surface area contributed by atoms with Crippen molar-refractivity contribution in [3.8, 4) is 0 Å². The number of nitro benzene ring substituents is 1. The highest BCUT2D eigenvalue weighted by Crippen LogP contribution is 2.31. The molecule has 0 amide bonds. The van der Waals surface area contributed by atoms with Crippen molar-refractivity contribution in [2.75, 3.05) is 19.8 Å². The second kappa shape index (κ2) is 7.87. The molecule has 1 aromatic carbocycles. The third-order valence-corrected chi connectivity index (χ3v) is 4.78. The number of nitrogens with one attached hydrogen (secondary N) is 1. The first kappa shape index (κ1) is 16.4. The van der Waals surface area contributed by atoms with Gasteiger partial charge in [-0.05, 0) is 47.3 Å². The maximum Gasteiger partial charge on any atom is 0.283 e. The van der Waals surface area contributed by atoms with Crippen LogP contribution in [0, 0.1) is 16.0 Å². The Bertz CT molecular complexity index is 496. The van der Waals surface area contributed by atoms with Crippen molar-refractivity contribution in [3.63, 3.8) is 0 Å². The van der Waals surface area contributed by atoms with Crippen LogP contribution in [0.4, 0.5) is 5.69 Å². The van der Waals surface area contributed by atoms with Crippen LogP contribution < -0.4 is 5.32 Å². The van der Waals surface area contributed by atoms with Crippen molar-refractivity contribution in [1.82, 2.24) is 5.32 Å². The Labute approximate surface area is 133 Å². The summed E-state index contributed by atoms with van der Waals surface area (Å²) in [5, 5.41) is 14.6. The van der Waals surface area contributed by atoms with Gasteiger partial charge >= 0.3 is 0 Å². The summed E-state index contributed by atoms with van der Waals surface area (Å²) in [6.07, 6.45) is 2.88. The lowest BCUT2D eigenvalue weighted by atomic mass is 9.89. The molecule has 1 N–H and O–H groups in total. The lowest BCUT2D eigenvalue weighted by Crippen LogP contribution is -2.44. The second-order valence-electron chi connectivity index (χ2n) is 5.40. The van der Waals surface area contributed by atoms with Crippen molar-refractivity contribution in [1.29, 1.82) is 0 Å². The standard InChI is InChI=1S/C15H21BrN2O3/c1-2-7-17-13-6-8-21-10-12(13)9-11-4-3-5-14(15(11)16)18(19)20/h3-5,12-13,17H,2,6-10H2,1H3. The van der Waals surface area contributed by atoms with Gasteiger partial charge in [0.15, 0.2) is 0 Å². The molecule has 2 atom stereocenters. The molecule has 2 rings (SSSR count). The first-order valence-electron chi connectivity index (χ1n) is 7.36. The lowest BCUT2D eigenvalue weighted by Gasteiger charge is -2.32. The molecular formula is C15H21BrN2O3. The summed E-state index contributed by atoms with van der Waals surface area (Å²) >= 11 is 3.38. The average molecular weight is 357 g/mol. The van der Waals surface area contributed by atoms with E-state index in [-0.39, 0.29) is 10.6 Å². The van der Waals surface area contributed by atoms with Crippen molar-refractivity contribution < 1.29 is 9.66 Å². The number of ether oxygens (including phenoxy) is 1. The minimum Gasteiger partial charge on any atom is -0.381 e. The molecule has 1 heterocycles. The van der Waals surface area contributed by atoms with E-state index in [1.807, 2.05) is 6.07 Å². The fraction of sp³-hybridized carbons (Fsp3) is 0.600. The van der Waals surface area contributed by atoms with Gasteiger partial charge in [-0.25, -0.2) is 0 Å². The maximum atomic E-state index is 11.0. The molecule has 1 aromatic rings. The molecule has 0 radical (unpaired) electrons. The van der Waals surface area contributed by atoms with E-state index in [0.29, 0.717) is 23.0 Å². The molecule has 1 aliphatic rings. The predicted octanol–water partition coefficient (Wildman–Crippen LogP) is 3.30. The zero-order valence-corrected chi connectivity index (χ0v) is 13.8. The van der Waals surface area contributed by atoms with E-state index in [9.17, 15) is 10.1 Å². The van der Waals surface area contributed by atoms with E-state index in [2.05, 4.69) is 28.2 Å². The largest absolute Gasteiger partial charge is 0.381 e. The second-order valence-corrected chi connectivity index (χ2v) is 6.19. The summed E-state index contributed by atoms with van der Waals surface area (Å²) in [6.45, 7) is 4.64. The monoisotopic (exact) mass is 356 g/mol. The summed E-state index contributed by atoms with van der Waals surface area (Å²) < 4.78 is 6.19. The minimum absolute atomic E-state index is 0.127. The fourth-order valence-corrected chi connectivity index (χ4v) is 3.31. The van der Waals surface area contributed by atoms with Gasteiger partial charge in [0.1, 0.15) is 0 Å². The summed E-state index contributed by atoms with van der Waals surface area (Å²) in [5.41, 5.74) is 1.10. The number of halogens is 1. The molecule has 1 aliphatic heterocycles. The van der Waals surface area contributed by atoms with Crippen LogP contribution in [0.15, 0.2) is 22.7 Å². The molecule has 0 aromatic heterocycles. The molecule has 0 bridgehead atoms. The Morgan fingerprint density at radius 3 is 3.05 bits per heavy atom. The first-order valence-corrected chi connectivity index (χ1v) is 8.15. The van der Waals surface area contributed by atoms with Gasteiger partial charge in [0, 0.05) is 24.6 Å². The maximum absolute atomic E-state index is 11.0. The number of nitrogens with zero attached hydrogens (tertiary/aromatic N) is 1. The van der Waals surface area contributed by atoms with Crippen LogP contribution in [-0.2, 0) is 11.2 Å². The summed E-state index contributed by atoms with van der Waals surface area (Å²) in [4.78, 5) is 10.7. The van der Waals surface area contributed by atoms with Crippen LogP contribution in [0.3, 0.4) is 0 Å². The predicted molar refractivity (Wildman–Crippen MR) is 85.5 cm³/mol. The highest BCUT2D eigenvalue weighted by atomic mass is 79.9. The molecule has 0 saturated carbocycles. The summed E-state index contributed by atoms with van der Waals surface area (Å²) in [6, 6.07) is 5.64. The highest BCUT2D eigenvalue weighted by molar-refractivity contribution is 9.10. The van der Waals surface area contributed by atoms with E-state index >= 15 is 0 Å². The summed E-state index contributed by atoms with van der Waals surface area (Å²) in [5.74, 6) is 0.351. The fourth-order valence-electron chi connectivity index (χ4n) is 2.74. The Morgan fingerprint density at radius 2 is 2.33 bits per heavy atom. The van der Waals surface area contributed by atoms with Gasteiger partial charge in [0.2, 0.25) is 0 Å². The first-order chi connectivity index (χ1) is 10.1. The van der Waals surface area contributed by atoms with E-state index < -0.39 is 0 Å². The Balaban J connectivity index is 2.11. The van der Waals surface area contributed by atoms with Crippen LogP contribution in [0.1, 0.15) is 25.3 Å². The van der Waals surface area contributed by atoms with Gasteiger partial charge in [-0.1, -0.05) is 19.1 Å².